The van der Waals surface area contributed by atoms with Gasteiger partial charge in [-0.25, -0.2) is 4.79 Å². The molecule has 1 rings (SSSR count). The van der Waals surface area contributed by atoms with Gasteiger partial charge in [0.15, 0.2) is 0 Å². The van der Waals surface area contributed by atoms with Gasteiger partial charge < -0.3 is 19.6 Å². The van der Waals surface area contributed by atoms with Crippen molar-refractivity contribution < 1.29 is 14.6 Å². The van der Waals surface area contributed by atoms with Gasteiger partial charge in [-0.05, 0) is 47.1 Å². The zero-order chi connectivity index (χ0) is 14.5. The highest BCUT2D eigenvalue weighted by Crippen LogP contribution is 2.18. The number of hydrogen-bond acceptors (Lipinski definition) is 4. The third-order valence-electron chi connectivity index (χ3n) is 3.43. The zero-order valence-corrected chi connectivity index (χ0v) is 12.7. The summed E-state index contributed by atoms with van der Waals surface area (Å²) in [5.74, 6) is 0. The van der Waals surface area contributed by atoms with Crippen molar-refractivity contribution in [3.8, 4) is 0 Å². The minimum Gasteiger partial charge on any atom is -0.444 e. The van der Waals surface area contributed by atoms with E-state index in [0.717, 1.165) is 32.4 Å². The SMILES string of the molecule is CN(CCO)C1CCCN(C(=O)OC(C)(C)C)CC1. The smallest absolute Gasteiger partial charge is 0.410 e. The Bertz CT molecular complexity index is 289. The number of aliphatic hydroxyl groups is 1. The average Bonchev–Trinajstić information content (AvgIpc) is 2.52. The second-order valence-corrected chi connectivity index (χ2v) is 6.26. The number of likely N-dealkylation sites (tertiary alicyclic amines) is 1. The van der Waals surface area contributed by atoms with E-state index in [9.17, 15) is 4.79 Å². The highest BCUT2D eigenvalue weighted by atomic mass is 16.6. The molecule has 0 radical (unpaired) electrons. The van der Waals surface area contributed by atoms with E-state index in [4.69, 9.17) is 9.84 Å². The van der Waals surface area contributed by atoms with Crippen LogP contribution in [0, 0.1) is 0 Å². The van der Waals surface area contributed by atoms with Crippen LogP contribution in [0.2, 0.25) is 0 Å². The Kier molecular flexibility index (Phi) is 6.07. The van der Waals surface area contributed by atoms with Crippen molar-refractivity contribution in [3.05, 3.63) is 0 Å². The number of aliphatic hydroxyl groups excluding tert-OH is 1. The molecule has 0 aliphatic carbocycles. The lowest BCUT2D eigenvalue weighted by molar-refractivity contribution is 0.0253. The molecular formula is C14H28N2O3. The predicted octanol–water partition coefficient (Wildman–Crippen LogP) is 1.70. The van der Waals surface area contributed by atoms with Gasteiger partial charge in [-0.15, -0.1) is 0 Å². The van der Waals surface area contributed by atoms with Crippen molar-refractivity contribution in [2.24, 2.45) is 0 Å². The molecule has 112 valence electrons. The standard InChI is InChI=1S/C14H28N2O3/c1-14(2,3)19-13(18)16-8-5-6-12(7-9-16)15(4)10-11-17/h12,17H,5-11H2,1-4H3. The van der Waals surface area contributed by atoms with E-state index >= 15 is 0 Å². The average molecular weight is 272 g/mol. The first-order valence-corrected chi connectivity index (χ1v) is 7.12. The van der Waals surface area contributed by atoms with E-state index in [1.54, 1.807) is 4.90 Å². The Labute approximate surface area is 116 Å². The number of hydrogen-bond donors (Lipinski definition) is 1. The first-order chi connectivity index (χ1) is 8.83. The third kappa shape index (κ3) is 5.78. The molecule has 0 saturated carbocycles. The van der Waals surface area contributed by atoms with Crippen LogP contribution in [-0.2, 0) is 4.74 Å². The molecule has 1 heterocycles. The monoisotopic (exact) mass is 272 g/mol. The Hall–Kier alpha value is -0.810. The van der Waals surface area contributed by atoms with Crippen LogP contribution >= 0.6 is 0 Å². The fourth-order valence-electron chi connectivity index (χ4n) is 2.37. The maximum absolute atomic E-state index is 12.0. The molecule has 1 aliphatic heterocycles. The molecule has 1 aliphatic rings. The Morgan fingerprint density at radius 2 is 2.05 bits per heavy atom. The van der Waals surface area contributed by atoms with Crippen molar-refractivity contribution in [2.45, 2.75) is 51.7 Å². The number of amides is 1. The lowest BCUT2D eigenvalue weighted by Crippen LogP contribution is -2.38. The summed E-state index contributed by atoms with van der Waals surface area (Å²) in [5.41, 5.74) is -0.434. The maximum atomic E-state index is 12.0. The van der Waals surface area contributed by atoms with Gasteiger partial charge in [0, 0.05) is 25.7 Å². The third-order valence-corrected chi connectivity index (χ3v) is 3.43. The van der Waals surface area contributed by atoms with Crippen LogP contribution < -0.4 is 0 Å². The molecule has 0 spiro atoms. The lowest BCUT2D eigenvalue weighted by atomic mass is 10.1. The number of likely N-dealkylation sites (N-methyl/N-ethyl adjacent to an activating group) is 1. The van der Waals surface area contributed by atoms with Crippen LogP contribution in [-0.4, -0.2) is 65.9 Å². The number of carbonyl (C=O) groups is 1. The van der Waals surface area contributed by atoms with Gasteiger partial charge in [-0.1, -0.05) is 0 Å². The molecule has 1 N–H and O–H groups in total. The Morgan fingerprint density at radius 1 is 1.37 bits per heavy atom. The highest BCUT2D eigenvalue weighted by molar-refractivity contribution is 5.68. The largest absolute Gasteiger partial charge is 0.444 e. The Balaban J connectivity index is 2.47. The summed E-state index contributed by atoms with van der Waals surface area (Å²) in [4.78, 5) is 16.0. The van der Waals surface area contributed by atoms with Gasteiger partial charge in [0.1, 0.15) is 5.60 Å². The summed E-state index contributed by atoms with van der Waals surface area (Å²) in [6.07, 6.45) is 2.78. The lowest BCUT2D eigenvalue weighted by Gasteiger charge is -2.27. The van der Waals surface area contributed by atoms with Crippen LogP contribution in [0.4, 0.5) is 4.79 Å². The molecule has 1 amide bonds. The van der Waals surface area contributed by atoms with Crippen LogP contribution in [0.5, 0.6) is 0 Å². The molecule has 1 unspecified atom stereocenters. The van der Waals surface area contributed by atoms with Gasteiger partial charge in [0.25, 0.3) is 0 Å². The molecular weight excluding hydrogens is 244 g/mol. The maximum Gasteiger partial charge on any atom is 0.410 e. The van der Waals surface area contributed by atoms with E-state index in [2.05, 4.69) is 4.90 Å². The minimum absolute atomic E-state index is 0.183. The second-order valence-electron chi connectivity index (χ2n) is 6.26. The van der Waals surface area contributed by atoms with E-state index < -0.39 is 5.60 Å². The van der Waals surface area contributed by atoms with Gasteiger partial charge >= 0.3 is 6.09 Å². The van der Waals surface area contributed by atoms with Crippen molar-refractivity contribution in [1.82, 2.24) is 9.80 Å². The highest BCUT2D eigenvalue weighted by Gasteiger charge is 2.26. The second kappa shape index (κ2) is 7.10. The summed E-state index contributed by atoms with van der Waals surface area (Å²) in [5, 5.41) is 8.98. The van der Waals surface area contributed by atoms with Crippen molar-refractivity contribution >= 4 is 6.09 Å². The zero-order valence-electron chi connectivity index (χ0n) is 12.7. The first kappa shape index (κ1) is 16.2. The summed E-state index contributed by atoms with van der Waals surface area (Å²) < 4.78 is 5.41. The molecule has 1 saturated heterocycles. The normalized spacial score (nSPS) is 21.4. The van der Waals surface area contributed by atoms with Crippen molar-refractivity contribution in [2.75, 3.05) is 33.3 Å². The number of nitrogens with zero attached hydrogens (tertiary/aromatic N) is 2. The molecule has 5 heteroatoms. The van der Waals surface area contributed by atoms with Crippen LogP contribution in [0.1, 0.15) is 40.0 Å². The Morgan fingerprint density at radius 3 is 2.63 bits per heavy atom. The van der Waals surface area contributed by atoms with E-state index in [-0.39, 0.29) is 12.7 Å². The fraction of sp³-hybridized carbons (Fsp3) is 0.929. The van der Waals surface area contributed by atoms with Crippen molar-refractivity contribution in [1.29, 1.82) is 0 Å². The molecule has 0 bridgehead atoms. The quantitative estimate of drug-likeness (QED) is 0.849. The van der Waals surface area contributed by atoms with Gasteiger partial charge in [0.2, 0.25) is 0 Å². The van der Waals surface area contributed by atoms with Crippen molar-refractivity contribution in [3.63, 3.8) is 0 Å². The number of carbonyl (C=O) groups excluding carboxylic acids is 1. The number of ether oxygens (including phenoxy) is 1. The summed E-state index contributed by atoms with van der Waals surface area (Å²) in [6.45, 7) is 8.04. The van der Waals surface area contributed by atoms with Crippen LogP contribution in [0.15, 0.2) is 0 Å². The van der Waals surface area contributed by atoms with E-state index in [0.29, 0.717) is 12.6 Å². The van der Waals surface area contributed by atoms with E-state index in [1.165, 1.54) is 0 Å². The van der Waals surface area contributed by atoms with E-state index in [1.807, 2.05) is 27.8 Å². The van der Waals surface area contributed by atoms with Gasteiger partial charge in [-0.2, -0.15) is 0 Å². The van der Waals surface area contributed by atoms with Crippen LogP contribution in [0.25, 0.3) is 0 Å². The molecule has 0 aromatic heterocycles. The molecule has 19 heavy (non-hydrogen) atoms. The topological polar surface area (TPSA) is 53.0 Å². The van der Waals surface area contributed by atoms with Crippen LogP contribution in [0.3, 0.4) is 0 Å². The summed E-state index contributed by atoms with van der Waals surface area (Å²) in [6, 6.07) is 0.444. The number of rotatable bonds is 3. The molecule has 0 aromatic rings. The molecule has 1 atom stereocenters. The summed E-state index contributed by atoms with van der Waals surface area (Å²) in [7, 11) is 2.03. The molecule has 1 fully saturated rings. The van der Waals surface area contributed by atoms with Gasteiger partial charge in [0.05, 0.1) is 6.61 Å². The molecule has 5 nitrogen and oxygen atoms in total. The predicted molar refractivity (Wildman–Crippen MR) is 75.2 cm³/mol. The molecule has 0 aromatic carbocycles. The fourth-order valence-corrected chi connectivity index (χ4v) is 2.37. The van der Waals surface area contributed by atoms with Gasteiger partial charge in [-0.3, -0.25) is 0 Å². The first-order valence-electron chi connectivity index (χ1n) is 7.12. The minimum atomic E-state index is -0.434. The summed E-state index contributed by atoms with van der Waals surface area (Å²) >= 11 is 0.